The van der Waals surface area contributed by atoms with Gasteiger partial charge in [0, 0.05) is 13.2 Å². The van der Waals surface area contributed by atoms with Crippen LogP contribution in [0.1, 0.15) is 63.8 Å². The summed E-state index contributed by atoms with van der Waals surface area (Å²) in [4.78, 5) is 4.46. The molecule has 1 atom stereocenters. The zero-order valence-electron chi connectivity index (χ0n) is 12.2. The first kappa shape index (κ1) is 14.5. The summed E-state index contributed by atoms with van der Waals surface area (Å²) in [5, 5.41) is 7.36. The van der Waals surface area contributed by atoms with Gasteiger partial charge in [-0.15, -0.1) is 0 Å². The summed E-state index contributed by atoms with van der Waals surface area (Å²) in [6.07, 6.45) is 6.29. The lowest BCUT2D eigenvalue weighted by Gasteiger charge is -2.26. The van der Waals surface area contributed by atoms with Crippen LogP contribution in [0.5, 0.6) is 0 Å². The number of hydrogen-bond donors (Lipinski definition) is 1. The van der Waals surface area contributed by atoms with Crippen LogP contribution in [-0.2, 0) is 11.3 Å². The molecule has 1 aromatic rings. The minimum absolute atomic E-state index is 0.0168. The van der Waals surface area contributed by atoms with Crippen molar-refractivity contribution in [1.82, 2.24) is 15.5 Å². The second kappa shape index (κ2) is 7.01. The Bertz CT molecular complexity index is 373. The fourth-order valence-electron chi connectivity index (χ4n) is 2.69. The Balaban J connectivity index is 1.98. The summed E-state index contributed by atoms with van der Waals surface area (Å²) < 4.78 is 10.9. The molecule has 1 N–H and O–H groups in total. The molecule has 0 radical (unpaired) electrons. The Hall–Kier alpha value is -0.940. The Morgan fingerprint density at radius 1 is 1.32 bits per heavy atom. The van der Waals surface area contributed by atoms with Crippen molar-refractivity contribution in [2.45, 2.75) is 64.6 Å². The van der Waals surface area contributed by atoms with Crippen LogP contribution in [0.3, 0.4) is 0 Å². The van der Waals surface area contributed by atoms with Crippen LogP contribution in [-0.4, -0.2) is 23.3 Å². The summed E-state index contributed by atoms with van der Waals surface area (Å²) in [5.41, 5.74) is 0. The molecule has 1 heterocycles. The largest absolute Gasteiger partial charge is 0.373 e. The molecule has 0 bridgehead atoms. The topological polar surface area (TPSA) is 60.2 Å². The number of methoxy groups -OCH3 is 1. The molecule has 2 rings (SSSR count). The molecule has 1 saturated carbocycles. The van der Waals surface area contributed by atoms with E-state index in [0.29, 0.717) is 30.2 Å². The average Bonchev–Trinajstić information content (AvgIpc) is 2.87. The maximum Gasteiger partial charge on any atom is 0.240 e. The molecule has 108 valence electrons. The minimum atomic E-state index is -0.0168. The van der Waals surface area contributed by atoms with Gasteiger partial charge in [-0.1, -0.05) is 38.3 Å². The SMILES string of the molecule is COC(c1noc(CNC(C)C)n1)C1CCCCC1. The molecule has 0 aliphatic heterocycles. The number of nitrogens with zero attached hydrogens (tertiary/aromatic N) is 2. The van der Waals surface area contributed by atoms with Gasteiger partial charge in [0.15, 0.2) is 0 Å². The zero-order chi connectivity index (χ0) is 13.7. The number of hydrogen-bond acceptors (Lipinski definition) is 5. The highest BCUT2D eigenvalue weighted by Crippen LogP contribution is 2.35. The van der Waals surface area contributed by atoms with E-state index in [1.54, 1.807) is 7.11 Å². The van der Waals surface area contributed by atoms with Crippen LogP contribution in [0.2, 0.25) is 0 Å². The minimum Gasteiger partial charge on any atom is -0.373 e. The first-order valence-electron chi connectivity index (χ1n) is 7.29. The van der Waals surface area contributed by atoms with E-state index in [1.807, 2.05) is 0 Å². The fraction of sp³-hybridized carbons (Fsp3) is 0.857. The number of aromatic nitrogens is 2. The number of nitrogens with one attached hydrogen (secondary N) is 1. The van der Waals surface area contributed by atoms with Crippen molar-refractivity contribution in [3.8, 4) is 0 Å². The molecule has 1 fully saturated rings. The third kappa shape index (κ3) is 4.01. The molecule has 0 amide bonds. The lowest BCUT2D eigenvalue weighted by Crippen LogP contribution is -2.22. The van der Waals surface area contributed by atoms with Gasteiger partial charge in [-0.25, -0.2) is 0 Å². The summed E-state index contributed by atoms with van der Waals surface area (Å²) in [7, 11) is 1.74. The monoisotopic (exact) mass is 267 g/mol. The van der Waals surface area contributed by atoms with Crippen LogP contribution >= 0.6 is 0 Å². The summed E-state index contributed by atoms with van der Waals surface area (Å²) in [6, 6.07) is 0.409. The molecular weight excluding hydrogens is 242 g/mol. The van der Waals surface area contributed by atoms with Crippen molar-refractivity contribution >= 4 is 0 Å². The van der Waals surface area contributed by atoms with Gasteiger partial charge < -0.3 is 14.6 Å². The molecule has 0 saturated heterocycles. The van der Waals surface area contributed by atoms with Gasteiger partial charge in [-0.2, -0.15) is 4.98 Å². The molecule has 1 aromatic heterocycles. The first-order chi connectivity index (χ1) is 9.20. The highest BCUT2D eigenvalue weighted by atomic mass is 16.5. The summed E-state index contributed by atoms with van der Waals surface area (Å²) in [5.74, 6) is 1.87. The van der Waals surface area contributed by atoms with E-state index in [1.165, 1.54) is 32.1 Å². The highest BCUT2D eigenvalue weighted by molar-refractivity contribution is 4.95. The van der Waals surface area contributed by atoms with Crippen LogP contribution in [0.15, 0.2) is 4.52 Å². The second-order valence-corrected chi connectivity index (χ2v) is 5.64. The van der Waals surface area contributed by atoms with Crippen molar-refractivity contribution in [3.05, 3.63) is 11.7 Å². The van der Waals surface area contributed by atoms with Gasteiger partial charge in [-0.3, -0.25) is 0 Å². The van der Waals surface area contributed by atoms with E-state index >= 15 is 0 Å². The smallest absolute Gasteiger partial charge is 0.240 e. The first-order valence-corrected chi connectivity index (χ1v) is 7.29. The molecule has 0 spiro atoms. The molecule has 5 nitrogen and oxygen atoms in total. The predicted octanol–water partition coefficient (Wildman–Crippen LogP) is 2.84. The zero-order valence-corrected chi connectivity index (χ0v) is 12.2. The van der Waals surface area contributed by atoms with E-state index < -0.39 is 0 Å². The molecule has 1 aliphatic rings. The van der Waals surface area contributed by atoms with Gasteiger partial charge in [0.05, 0.1) is 6.54 Å². The van der Waals surface area contributed by atoms with Crippen molar-refractivity contribution in [1.29, 1.82) is 0 Å². The van der Waals surface area contributed by atoms with Gasteiger partial charge in [-0.05, 0) is 18.8 Å². The summed E-state index contributed by atoms with van der Waals surface area (Å²) >= 11 is 0. The molecule has 5 heteroatoms. The van der Waals surface area contributed by atoms with Crippen molar-refractivity contribution in [3.63, 3.8) is 0 Å². The van der Waals surface area contributed by atoms with Crippen LogP contribution < -0.4 is 5.32 Å². The Labute approximate surface area is 115 Å². The predicted molar refractivity (Wildman–Crippen MR) is 72.6 cm³/mol. The van der Waals surface area contributed by atoms with E-state index in [9.17, 15) is 0 Å². The number of rotatable bonds is 6. The van der Waals surface area contributed by atoms with Gasteiger partial charge >= 0.3 is 0 Å². The lowest BCUT2D eigenvalue weighted by molar-refractivity contribution is 0.0273. The number of ether oxygens (including phenoxy) is 1. The quantitative estimate of drug-likeness (QED) is 0.858. The van der Waals surface area contributed by atoms with Crippen LogP contribution in [0.25, 0.3) is 0 Å². The van der Waals surface area contributed by atoms with Gasteiger partial charge in [0.2, 0.25) is 11.7 Å². The Kier molecular flexibility index (Phi) is 5.34. The van der Waals surface area contributed by atoms with E-state index in [4.69, 9.17) is 9.26 Å². The van der Waals surface area contributed by atoms with Gasteiger partial charge in [0.1, 0.15) is 6.10 Å². The molecular formula is C14H25N3O2. The van der Waals surface area contributed by atoms with Crippen LogP contribution in [0, 0.1) is 5.92 Å². The van der Waals surface area contributed by atoms with Crippen molar-refractivity contribution in [2.75, 3.05) is 7.11 Å². The van der Waals surface area contributed by atoms with E-state index in [2.05, 4.69) is 29.3 Å². The van der Waals surface area contributed by atoms with Crippen molar-refractivity contribution in [2.24, 2.45) is 5.92 Å². The second-order valence-electron chi connectivity index (χ2n) is 5.64. The Morgan fingerprint density at radius 3 is 2.68 bits per heavy atom. The third-order valence-corrected chi connectivity index (χ3v) is 3.73. The highest BCUT2D eigenvalue weighted by Gasteiger charge is 2.28. The van der Waals surface area contributed by atoms with E-state index in [-0.39, 0.29) is 6.10 Å². The average molecular weight is 267 g/mol. The van der Waals surface area contributed by atoms with Gasteiger partial charge in [0.25, 0.3) is 0 Å². The molecule has 0 aromatic carbocycles. The normalized spacial score (nSPS) is 18.9. The maximum atomic E-state index is 5.61. The van der Waals surface area contributed by atoms with Crippen molar-refractivity contribution < 1.29 is 9.26 Å². The Morgan fingerprint density at radius 2 is 2.05 bits per heavy atom. The summed E-state index contributed by atoms with van der Waals surface area (Å²) in [6.45, 7) is 4.81. The maximum absolute atomic E-state index is 5.61. The molecule has 1 unspecified atom stereocenters. The lowest BCUT2D eigenvalue weighted by atomic mass is 9.85. The standard InChI is InChI=1S/C14H25N3O2/c1-10(2)15-9-12-16-14(17-19-12)13(18-3)11-7-5-4-6-8-11/h10-11,13,15H,4-9H2,1-3H3. The fourth-order valence-corrected chi connectivity index (χ4v) is 2.69. The molecule has 19 heavy (non-hydrogen) atoms. The van der Waals surface area contributed by atoms with Crippen LogP contribution in [0.4, 0.5) is 0 Å². The molecule has 1 aliphatic carbocycles. The van der Waals surface area contributed by atoms with E-state index in [0.717, 1.165) is 0 Å². The third-order valence-electron chi connectivity index (χ3n) is 3.73.